The number of fused-ring (bicyclic) bond motifs is 1. The smallest absolute Gasteiger partial charge is 0.410 e. The number of ether oxygens (including phenoxy) is 1. The number of amides is 4. The molecule has 3 heterocycles. The Bertz CT molecular complexity index is 1130. The van der Waals surface area contributed by atoms with Crippen LogP contribution < -0.4 is 10.6 Å². The minimum absolute atomic E-state index is 0.0332. The molecule has 1 aromatic carbocycles. The molecule has 4 amide bonds. The van der Waals surface area contributed by atoms with Crippen LogP contribution in [0, 0.1) is 0 Å². The number of likely N-dealkylation sites (tertiary alicyclic amines) is 1. The number of piperidine rings is 1. The fraction of sp³-hybridized carbons (Fsp3) is 0.607. The SMILES string of the molecule is CCNC(=O)Nc1sc2ccccc2c1C(=O)N1CCN(C2CCN(C(=O)OC3CCCCC3)CC2)CC1. The van der Waals surface area contributed by atoms with Gasteiger partial charge in [0, 0.05) is 61.9 Å². The van der Waals surface area contributed by atoms with Gasteiger partial charge in [-0.3, -0.25) is 15.0 Å². The average molecular weight is 542 g/mol. The highest BCUT2D eigenvalue weighted by atomic mass is 32.1. The summed E-state index contributed by atoms with van der Waals surface area (Å²) in [5.74, 6) is -0.0332. The third kappa shape index (κ3) is 6.07. The molecular weight excluding hydrogens is 502 g/mol. The molecule has 9 nitrogen and oxygen atoms in total. The van der Waals surface area contributed by atoms with Crippen molar-refractivity contribution in [3.05, 3.63) is 29.8 Å². The lowest BCUT2D eigenvalue weighted by atomic mass is 9.98. The van der Waals surface area contributed by atoms with Crippen LogP contribution in [0.3, 0.4) is 0 Å². The summed E-state index contributed by atoms with van der Waals surface area (Å²) in [4.78, 5) is 44.8. The predicted octanol–water partition coefficient (Wildman–Crippen LogP) is 4.73. The van der Waals surface area contributed by atoms with E-state index >= 15 is 0 Å². The van der Waals surface area contributed by atoms with Gasteiger partial charge in [-0.25, -0.2) is 9.59 Å². The van der Waals surface area contributed by atoms with Crippen LogP contribution in [0.1, 0.15) is 62.2 Å². The largest absolute Gasteiger partial charge is 0.446 e. The molecule has 0 bridgehead atoms. The minimum atomic E-state index is -0.299. The van der Waals surface area contributed by atoms with E-state index in [4.69, 9.17) is 4.74 Å². The molecule has 2 N–H and O–H groups in total. The molecule has 10 heteroatoms. The number of hydrogen-bond donors (Lipinski definition) is 2. The second kappa shape index (κ2) is 12.3. The Morgan fingerprint density at radius 1 is 0.921 bits per heavy atom. The standard InChI is InChI=1S/C28H39N5O4S/c1-2-29-27(35)30-25-24(22-10-6-7-11-23(22)38-25)26(34)32-18-16-31(17-19-32)20-12-14-33(15-13-20)28(36)37-21-8-4-3-5-9-21/h6-7,10-11,20-21H,2-5,8-9,12-19H2,1H3,(H2,29,30,35). The van der Waals surface area contributed by atoms with Gasteiger partial charge in [0.2, 0.25) is 0 Å². The fourth-order valence-electron chi connectivity index (χ4n) is 5.92. The van der Waals surface area contributed by atoms with Crippen LogP contribution in [-0.4, -0.2) is 90.7 Å². The van der Waals surface area contributed by atoms with E-state index in [9.17, 15) is 14.4 Å². The van der Waals surface area contributed by atoms with Gasteiger partial charge in [0.05, 0.1) is 5.56 Å². The molecule has 0 radical (unpaired) electrons. The number of thiophene rings is 1. The highest BCUT2D eigenvalue weighted by Gasteiger charge is 2.33. The van der Waals surface area contributed by atoms with Gasteiger partial charge in [0.25, 0.3) is 5.91 Å². The van der Waals surface area contributed by atoms with Crippen molar-refractivity contribution >= 4 is 44.5 Å². The van der Waals surface area contributed by atoms with Gasteiger partial charge >= 0.3 is 12.1 Å². The highest BCUT2D eigenvalue weighted by molar-refractivity contribution is 7.23. The van der Waals surface area contributed by atoms with E-state index in [2.05, 4.69) is 15.5 Å². The first kappa shape index (κ1) is 26.7. The van der Waals surface area contributed by atoms with Crippen LogP contribution in [0.25, 0.3) is 10.1 Å². The van der Waals surface area contributed by atoms with Crippen molar-refractivity contribution in [1.82, 2.24) is 20.0 Å². The molecular formula is C28H39N5O4S. The second-order valence-electron chi connectivity index (χ2n) is 10.5. The number of urea groups is 1. The zero-order valence-corrected chi connectivity index (χ0v) is 23.1. The minimum Gasteiger partial charge on any atom is -0.446 e. The first-order valence-corrected chi connectivity index (χ1v) is 14.9. The molecule has 3 aliphatic rings. The summed E-state index contributed by atoms with van der Waals surface area (Å²) < 4.78 is 6.75. The zero-order chi connectivity index (χ0) is 26.5. The molecule has 2 saturated heterocycles. The van der Waals surface area contributed by atoms with E-state index in [1.165, 1.54) is 17.8 Å². The Labute approximate surface area is 228 Å². The summed E-state index contributed by atoms with van der Waals surface area (Å²) in [6.07, 6.45) is 7.36. The highest BCUT2D eigenvalue weighted by Crippen LogP contribution is 2.37. The summed E-state index contributed by atoms with van der Waals surface area (Å²) in [5, 5.41) is 7.11. The van der Waals surface area contributed by atoms with Gasteiger partial charge in [-0.15, -0.1) is 11.3 Å². The Morgan fingerprint density at radius 3 is 2.34 bits per heavy atom. The van der Waals surface area contributed by atoms with Crippen molar-refractivity contribution in [1.29, 1.82) is 0 Å². The van der Waals surface area contributed by atoms with Crippen molar-refractivity contribution in [2.45, 2.75) is 64.0 Å². The zero-order valence-electron chi connectivity index (χ0n) is 22.2. The number of carbonyl (C=O) groups excluding carboxylic acids is 3. The maximum absolute atomic E-state index is 13.7. The first-order chi connectivity index (χ1) is 18.5. The number of nitrogens with one attached hydrogen (secondary N) is 2. The number of rotatable bonds is 5. The third-order valence-electron chi connectivity index (χ3n) is 8.03. The number of carbonyl (C=O) groups is 3. The summed E-state index contributed by atoms with van der Waals surface area (Å²) in [7, 11) is 0. The van der Waals surface area contributed by atoms with Gasteiger partial charge < -0.3 is 19.9 Å². The summed E-state index contributed by atoms with van der Waals surface area (Å²) in [6.45, 7) is 6.75. The van der Waals surface area contributed by atoms with E-state index in [0.29, 0.717) is 36.2 Å². The molecule has 1 saturated carbocycles. The van der Waals surface area contributed by atoms with Crippen LogP contribution >= 0.6 is 11.3 Å². The lowest BCUT2D eigenvalue weighted by molar-refractivity contribution is 0.0239. The molecule has 1 aliphatic carbocycles. The molecule has 2 aliphatic heterocycles. The summed E-state index contributed by atoms with van der Waals surface area (Å²) in [5.41, 5.74) is 0.579. The molecule has 3 fully saturated rings. The van der Waals surface area contributed by atoms with E-state index < -0.39 is 0 Å². The third-order valence-corrected chi connectivity index (χ3v) is 9.12. The number of hydrogen-bond acceptors (Lipinski definition) is 6. The number of piperazine rings is 1. The maximum Gasteiger partial charge on any atom is 0.410 e. The lowest BCUT2D eigenvalue weighted by Crippen LogP contribution is -2.55. The quantitative estimate of drug-likeness (QED) is 0.571. The summed E-state index contributed by atoms with van der Waals surface area (Å²) >= 11 is 1.43. The van der Waals surface area contributed by atoms with Crippen LogP contribution in [-0.2, 0) is 4.74 Å². The Balaban J connectivity index is 1.15. The Kier molecular flexibility index (Phi) is 8.68. The fourth-order valence-corrected chi connectivity index (χ4v) is 7.01. The normalized spacial score (nSPS) is 19.9. The van der Waals surface area contributed by atoms with Crippen molar-refractivity contribution in [3.63, 3.8) is 0 Å². The maximum atomic E-state index is 13.7. The first-order valence-electron chi connectivity index (χ1n) is 14.1. The molecule has 38 heavy (non-hydrogen) atoms. The second-order valence-corrected chi connectivity index (χ2v) is 11.5. The van der Waals surface area contributed by atoms with E-state index in [1.54, 1.807) is 0 Å². The Hall–Kier alpha value is -2.85. The predicted molar refractivity (Wildman–Crippen MR) is 150 cm³/mol. The Morgan fingerprint density at radius 2 is 1.63 bits per heavy atom. The van der Waals surface area contributed by atoms with Gasteiger partial charge in [0.15, 0.2) is 0 Å². The molecule has 0 unspecified atom stereocenters. The molecule has 2 aromatic rings. The van der Waals surface area contributed by atoms with Crippen LogP contribution in [0.4, 0.5) is 14.6 Å². The van der Waals surface area contributed by atoms with Crippen molar-refractivity contribution in [2.24, 2.45) is 0 Å². The number of nitrogens with zero attached hydrogens (tertiary/aromatic N) is 3. The number of anilines is 1. The topological polar surface area (TPSA) is 94.2 Å². The molecule has 1 aromatic heterocycles. The molecule has 206 valence electrons. The van der Waals surface area contributed by atoms with Gasteiger partial charge in [0.1, 0.15) is 11.1 Å². The van der Waals surface area contributed by atoms with Crippen molar-refractivity contribution < 1.29 is 19.1 Å². The van der Waals surface area contributed by atoms with Gasteiger partial charge in [-0.05, 0) is 51.5 Å². The lowest BCUT2D eigenvalue weighted by Gasteiger charge is -2.42. The molecule has 0 atom stereocenters. The van der Waals surface area contributed by atoms with E-state index in [-0.39, 0.29) is 24.1 Å². The van der Waals surface area contributed by atoms with Gasteiger partial charge in [-0.2, -0.15) is 0 Å². The summed E-state index contributed by atoms with van der Waals surface area (Å²) in [6, 6.07) is 7.93. The molecule has 5 rings (SSSR count). The number of benzene rings is 1. The van der Waals surface area contributed by atoms with Crippen LogP contribution in [0.15, 0.2) is 24.3 Å². The van der Waals surface area contributed by atoms with Gasteiger partial charge in [-0.1, -0.05) is 24.6 Å². The van der Waals surface area contributed by atoms with Crippen molar-refractivity contribution in [2.75, 3.05) is 51.1 Å². The van der Waals surface area contributed by atoms with Crippen LogP contribution in [0.2, 0.25) is 0 Å². The van der Waals surface area contributed by atoms with E-state index in [0.717, 1.165) is 74.8 Å². The van der Waals surface area contributed by atoms with Crippen molar-refractivity contribution in [3.8, 4) is 0 Å². The molecule has 0 spiro atoms. The van der Waals surface area contributed by atoms with Crippen LogP contribution in [0.5, 0.6) is 0 Å². The average Bonchev–Trinajstić information content (AvgIpc) is 3.31. The van der Waals surface area contributed by atoms with E-state index in [1.807, 2.05) is 41.0 Å². The monoisotopic (exact) mass is 541 g/mol.